The molecule has 0 radical (unpaired) electrons. The van der Waals surface area contributed by atoms with Crippen LogP contribution in [0.5, 0.6) is 5.75 Å². The summed E-state index contributed by atoms with van der Waals surface area (Å²) in [6.07, 6.45) is 1.11. The summed E-state index contributed by atoms with van der Waals surface area (Å²) in [5.74, 6) is 1.44. The van der Waals surface area contributed by atoms with Gasteiger partial charge in [-0.1, -0.05) is 24.3 Å². The zero-order chi connectivity index (χ0) is 14.1. The molecular formula is C18H21NO. The van der Waals surface area contributed by atoms with E-state index >= 15 is 0 Å². The SMILES string of the molecule is COc1cc(C)cc(C)c1C1CCNc2ccccc21. The van der Waals surface area contributed by atoms with Crippen molar-refractivity contribution in [2.75, 3.05) is 19.0 Å². The van der Waals surface area contributed by atoms with Gasteiger partial charge in [-0.15, -0.1) is 0 Å². The summed E-state index contributed by atoms with van der Waals surface area (Å²) < 4.78 is 5.65. The fraction of sp³-hybridized carbons (Fsp3) is 0.333. The molecule has 0 saturated carbocycles. The van der Waals surface area contributed by atoms with Gasteiger partial charge in [0, 0.05) is 23.7 Å². The average molecular weight is 267 g/mol. The molecule has 1 N–H and O–H groups in total. The van der Waals surface area contributed by atoms with Crippen LogP contribution in [0.3, 0.4) is 0 Å². The summed E-state index contributed by atoms with van der Waals surface area (Å²) in [5.41, 5.74) is 6.55. The quantitative estimate of drug-likeness (QED) is 0.877. The van der Waals surface area contributed by atoms with Crippen molar-refractivity contribution in [3.8, 4) is 5.75 Å². The molecule has 104 valence electrons. The fourth-order valence-electron chi connectivity index (χ4n) is 3.32. The first-order valence-electron chi connectivity index (χ1n) is 7.18. The molecule has 1 atom stereocenters. The molecule has 1 aliphatic rings. The summed E-state index contributed by atoms with van der Waals surface area (Å²) in [6, 6.07) is 13.0. The lowest BCUT2D eigenvalue weighted by Crippen LogP contribution is -2.18. The largest absolute Gasteiger partial charge is 0.496 e. The van der Waals surface area contributed by atoms with E-state index in [1.54, 1.807) is 7.11 Å². The van der Waals surface area contributed by atoms with Gasteiger partial charge < -0.3 is 10.1 Å². The maximum absolute atomic E-state index is 5.65. The van der Waals surface area contributed by atoms with Gasteiger partial charge in [0.15, 0.2) is 0 Å². The number of methoxy groups -OCH3 is 1. The van der Waals surface area contributed by atoms with E-state index in [4.69, 9.17) is 4.74 Å². The van der Waals surface area contributed by atoms with E-state index in [-0.39, 0.29) is 0 Å². The Kier molecular flexibility index (Phi) is 3.39. The highest BCUT2D eigenvalue weighted by Crippen LogP contribution is 2.42. The average Bonchev–Trinajstić information content (AvgIpc) is 2.46. The number of hydrogen-bond donors (Lipinski definition) is 1. The Morgan fingerprint density at radius 1 is 1.15 bits per heavy atom. The van der Waals surface area contributed by atoms with Crippen LogP contribution in [-0.4, -0.2) is 13.7 Å². The third-order valence-electron chi connectivity index (χ3n) is 4.15. The number of ether oxygens (including phenoxy) is 1. The monoisotopic (exact) mass is 267 g/mol. The van der Waals surface area contributed by atoms with Gasteiger partial charge in [0.2, 0.25) is 0 Å². The summed E-state index contributed by atoms with van der Waals surface area (Å²) >= 11 is 0. The maximum Gasteiger partial charge on any atom is 0.123 e. The van der Waals surface area contributed by atoms with Gasteiger partial charge in [-0.05, 0) is 49.1 Å². The molecular weight excluding hydrogens is 246 g/mol. The normalized spacial score (nSPS) is 17.2. The van der Waals surface area contributed by atoms with Gasteiger partial charge in [-0.2, -0.15) is 0 Å². The highest BCUT2D eigenvalue weighted by Gasteiger charge is 2.25. The summed E-state index contributed by atoms with van der Waals surface area (Å²) in [5, 5.41) is 3.49. The van der Waals surface area contributed by atoms with Crippen LogP contribution < -0.4 is 10.1 Å². The second-order valence-corrected chi connectivity index (χ2v) is 5.55. The number of fused-ring (bicyclic) bond motifs is 1. The number of para-hydroxylation sites is 1. The topological polar surface area (TPSA) is 21.3 Å². The lowest BCUT2D eigenvalue weighted by Gasteiger charge is -2.29. The second-order valence-electron chi connectivity index (χ2n) is 5.55. The molecule has 2 heteroatoms. The van der Waals surface area contributed by atoms with Gasteiger partial charge in [0.05, 0.1) is 7.11 Å². The molecule has 1 aliphatic heterocycles. The Bertz CT molecular complexity index is 633. The maximum atomic E-state index is 5.65. The molecule has 0 bridgehead atoms. The minimum absolute atomic E-state index is 0.419. The number of nitrogens with one attached hydrogen (secondary N) is 1. The van der Waals surface area contributed by atoms with Crippen molar-refractivity contribution in [3.63, 3.8) is 0 Å². The number of hydrogen-bond acceptors (Lipinski definition) is 2. The van der Waals surface area contributed by atoms with Gasteiger partial charge in [-0.3, -0.25) is 0 Å². The van der Waals surface area contributed by atoms with E-state index < -0.39 is 0 Å². The molecule has 1 unspecified atom stereocenters. The van der Waals surface area contributed by atoms with E-state index in [9.17, 15) is 0 Å². The predicted molar refractivity (Wildman–Crippen MR) is 83.9 cm³/mol. The van der Waals surface area contributed by atoms with Crippen molar-refractivity contribution in [3.05, 3.63) is 58.7 Å². The standard InChI is InChI=1S/C18H21NO/c1-12-10-13(2)18(17(11-12)20-3)15-8-9-19-16-7-5-4-6-14(15)16/h4-7,10-11,15,19H,8-9H2,1-3H3. The molecule has 2 aromatic carbocycles. The van der Waals surface area contributed by atoms with Gasteiger partial charge in [0.1, 0.15) is 5.75 Å². The smallest absolute Gasteiger partial charge is 0.123 e. The van der Waals surface area contributed by atoms with Crippen LogP contribution in [0.15, 0.2) is 36.4 Å². The minimum atomic E-state index is 0.419. The van der Waals surface area contributed by atoms with Crippen LogP contribution in [0.1, 0.15) is 34.6 Å². The molecule has 3 rings (SSSR count). The molecule has 0 fully saturated rings. The Labute approximate surface area is 120 Å². The van der Waals surface area contributed by atoms with Gasteiger partial charge in [-0.25, -0.2) is 0 Å². The zero-order valence-electron chi connectivity index (χ0n) is 12.4. The highest BCUT2D eigenvalue weighted by atomic mass is 16.5. The van der Waals surface area contributed by atoms with E-state index in [1.165, 1.54) is 27.9 Å². The van der Waals surface area contributed by atoms with Crippen LogP contribution in [0.2, 0.25) is 0 Å². The molecule has 1 heterocycles. The lowest BCUT2D eigenvalue weighted by molar-refractivity contribution is 0.405. The van der Waals surface area contributed by atoms with Crippen molar-refractivity contribution in [1.29, 1.82) is 0 Å². The number of aryl methyl sites for hydroxylation is 2. The molecule has 0 aromatic heterocycles. The van der Waals surface area contributed by atoms with E-state index in [0.717, 1.165) is 18.7 Å². The Morgan fingerprint density at radius 3 is 2.75 bits per heavy atom. The zero-order valence-corrected chi connectivity index (χ0v) is 12.4. The Morgan fingerprint density at radius 2 is 1.95 bits per heavy atom. The predicted octanol–water partition coefficient (Wildman–Crippen LogP) is 4.26. The first-order chi connectivity index (χ1) is 9.70. The number of rotatable bonds is 2. The van der Waals surface area contributed by atoms with Gasteiger partial charge >= 0.3 is 0 Å². The van der Waals surface area contributed by atoms with Gasteiger partial charge in [0.25, 0.3) is 0 Å². The van der Waals surface area contributed by atoms with Crippen molar-refractivity contribution >= 4 is 5.69 Å². The van der Waals surface area contributed by atoms with Crippen molar-refractivity contribution in [2.24, 2.45) is 0 Å². The van der Waals surface area contributed by atoms with E-state index in [1.807, 2.05) is 0 Å². The molecule has 0 saturated heterocycles. The lowest BCUT2D eigenvalue weighted by atomic mass is 9.82. The first kappa shape index (κ1) is 13.0. The number of anilines is 1. The van der Waals surface area contributed by atoms with Crippen molar-refractivity contribution < 1.29 is 4.74 Å². The second kappa shape index (κ2) is 5.20. The molecule has 2 aromatic rings. The van der Waals surface area contributed by atoms with Crippen LogP contribution in [-0.2, 0) is 0 Å². The molecule has 20 heavy (non-hydrogen) atoms. The number of benzene rings is 2. The minimum Gasteiger partial charge on any atom is -0.496 e. The van der Waals surface area contributed by atoms with E-state index in [0.29, 0.717) is 5.92 Å². The summed E-state index contributed by atoms with van der Waals surface area (Å²) in [4.78, 5) is 0. The third-order valence-corrected chi connectivity index (χ3v) is 4.15. The Hall–Kier alpha value is -1.96. The van der Waals surface area contributed by atoms with Crippen LogP contribution in [0.25, 0.3) is 0 Å². The van der Waals surface area contributed by atoms with Crippen LogP contribution >= 0.6 is 0 Å². The van der Waals surface area contributed by atoms with Crippen LogP contribution in [0, 0.1) is 13.8 Å². The summed E-state index contributed by atoms with van der Waals surface area (Å²) in [7, 11) is 1.77. The van der Waals surface area contributed by atoms with E-state index in [2.05, 4.69) is 55.6 Å². The fourth-order valence-corrected chi connectivity index (χ4v) is 3.32. The van der Waals surface area contributed by atoms with Crippen LogP contribution in [0.4, 0.5) is 5.69 Å². The highest BCUT2D eigenvalue weighted by molar-refractivity contribution is 5.60. The summed E-state index contributed by atoms with van der Waals surface area (Å²) in [6.45, 7) is 5.32. The Balaban J connectivity index is 2.15. The molecule has 0 spiro atoms. The van der Waals surface area contributed by atoms with Crippen molar-refractivity contribution in [1.82, 2.24) is 0 Å². The third kappa shape index (κ3) is 2.15. The molecule has 0 amide bonds. The molecule has 2 nitrogen and oxygen atoms in total. The first-order valence-corrected chi connectivity index (χ1v) is 7.18. The molecule has 0 aliphatic carbocycles. The van der Waals surface area contributed by atoms with Crippen molar-refractivity contribution in [2.45, 2.75) is 26.2 Å².